The van der Waals surface area contributed by atoms with Crippen LogP contribution in [0.5, 0.6) is 5.75 Å². The van der Waals surface area contributed by atoms with Crippen molar-refractivity contribution in [3.63, 3.8) is 0 Å². The van der Waals surface area contributed by atoms with Gasteiger partial charge in [0.2, 0.25) is 0 Å². The van der Waals surface area contributed by atoms with Crippen molar-refractivity contribution >= 4 is 11.6 Å². The molecule has 1 aliphatic rings. The second kappa shape index (κ2) is 6.50. The molecule has 1 amide bonds. The van der Waals surface area contributed by atoms with Gasteiger partial charge in [-0.1, -0.05) is 6.58 Å². The Balaban J connectivity index is 2.22. The first-order valence-electron chi connectivity index (χ1n) is 7.51. The van der Waals surface area contributed by atoms with E-state index in [2.05, 4.69) is 18.9 Å². The maximum Gasteiger partial charge on any atom is 0.285 e. The van der Waals surface area contributed by atoms with E-state index < -0.39 is 0 Å². The van der Waals surface area contributed by atoms with Crippen LogP contribution in [0.3, 0.4) is 0 Å². The number of aromatic hydroxyl groups is 1. The standard InChI is InChI=1S/C17H24N2O3/c1-5-6-19(4)7-8-22-11-15(19)17(21)18-16-12(2)9-14(20)10-13(16)3/h5,9-10,15H,1,6-8,11H2,2-4H3,(H-,18,20,21)/p+1. The van der Waals surface area contributed by atoms with Gasteiger partial charge in [-0.25, -0.2) is 0 Å². The van der Waals surface area contributed by atoms with Gasteiger partial charge < -0.3 is 19.6 Å². The predicted octanol–water partition coefficient (Wildman–Crippen LogP) is 1.98. The van der Waals surface area contributed by atoms with Crippen LogP contribution in [-0.4, -0.2) is 54.9 Å². The molecule has 0 radical (unpaired) electrons. The number of anilines is 1. The summed E-state index contributed by atoms with van der Waals surface area (Å²) in [5.41, 5.74) is 2.46. The number of hydrogen-bond acceptors (Lipinski definition) is 3. The fraction of sp³-hybridized carbons (Fsp3) is 0.471. The van der Waals surface area contributed by atoms with Gasteiger partial charge in [0.05, 0.1) is 20.2 Å². The highest BCUT2D eigenvalue weighted by Crippen LogP contribution is 2.26. The van der Waals surface area contributed by atoms with Crippen molar-refractivity contribution in [1.82, 2.24) is 0 Å². The molecule has 0 bridgehead atoms. The number of aryl methyl sites for hydroxylation is 2. The number of carbonyl (C=O) groups excluding carboxylic acids is 1. The van der Waals surface area contributed by atoms with Crippen molar-refractivity contribution in [2.45, 2.75) is 19.9 Å². The Bertz CT molecular complexity index is 562. The molecule has 120 valence electrons. The molecule has 2 N–H and O–H groups in total. The lowest BCUT2D eigenvalue weighted by Gasteiger charge is -2.42. The van der Waals surface area contributed by atoms with Crippen LogP contribution < -0.4 is 5.32 Å². The lowest BCUT2D eigenvalue weighted by molar-refractivity contribution is -0.926. The number of nitrogens with zero attached hydrogens (tertiary/aromatic N) is 1. The summed E-state index contributed by atoms with van der Waals surface area (Å²) >= 11 is 0. The molecule has 22 heavy (non-hydrogen) atoms. The van der Waals surface area contributed by atoms with Crippen LogP contribution in [0.15, 0.2) is 24.8 Å². The van der Waals surface area contributed by atoms with E-state index >= 15 is 0 Å². The van der Waals surface area contributed by atoms with Crippen LogP contribution >= 0.6 is 0 Å². The molecule has 1 heterocycles. The van der Waals surface area contributed by atoms with E-state index in [9.17, 15) is 9.90 Å². The molecule has 0 saturated carbocycles. The van der Waals surface area contributed by atoms with Gasteiger partial charge in [-0.3, -0.25) is 4.79 Å². The van der Waals surface area contributed by atoms with Gasteiger partial charge in [-0.05, 0) is 43.2 Å². The molecular weight excluding hydrogens is 280 g/mol. The highest BCUT2D eigenvalue weighted by molar-refractivity contribution is 5.95. The summed E-state index contributed by atoms with van der Waals surface area (Å²) in [7, 11) is 2.06. The Morgan fingerprint density at radius 1 is 1.50 bits per heavy atom. The van der Waals surface area contributed by atoms with E-state index in [0.717, 1.165) is 29.9 Å². The zero-order chi connectivity index (χ0) is 16.3. The van der Waals surface area contributed by atoms with Crippen LogP contribution in [-0.2, 0) is 9.53 Å². The lowest BCUT2D eigenvalue weighted by Crippen LogP contribution is -2.63. The van der Waals surface area contributed by atoms with Gasteiger partial charge >= 0.3 is 0 Å². The number of likely N-dealkylation sites (N-methyl/N-ethyl adjacent to an activating group) is 1. The molecule has 0 aromatic heterocycles. The van der Waals surface area contributed by atoms with Crippen LogP contribution in [0.25, 0.3) is 0 Å². The minimum Gasteiger partial charge on any atom is -0.508 e. The van der Waals surface area contributed by atoms with E-state index in [1.54, 1.807) is 12.1 Å². The number of carbonyl (C=O) groups is 1. The molecule has 1 saturated heterocycles. The molecule has 1 aliphatic heterocycles. The first kappa shape index (κ1) is 16.5. The Kier molecular flexibility index (Phi) is 4.88. The van der Waals surface area contributed by atoms with E-state index in [-0.39, 0.29) is 17.7 Å². The number of quaternary nitrogens is 1. The third-order valence-corrected chi connectivity index (χ3v) is 4.39. The summed E-state index contributed by atoms with van der Waals surface area (Å²) in [5.74, 6) is 0.155. The average Bonchev–Trinajstić information content (AvgIpc) is 2.43. The number of phenolic OH excluding ortho intramolecular Hbond substituents is 1. The molecule has 2 atom stereocenters. The summed E-state index contributed by atoms with van der Waals surface area (Å²) in [4.78, 5) is 12.7. The van der Waals surface area contributed by atoms with Crippen molar-refractivity contribution in [2.75, 3.05) is 38.7 Å². The quantitative estimate of drug-likeness (QED) is 0.508. The SMILES string of the molecule is C=CC[N+]1(C)CCOCC1C(=O)Nc1c(C)cc(O)cc1C. The third kappa shape index (κ3) is 3.31. The van der Waals surface area contributed by atoms with Gasteiger partial charge in [0.1, 0.15) is 18.9 Å². The topological polar surface area (TPSA) is 58.6 Å². The largest absolute Gasteiger partial charge is 0.508 e. The van der Waals surface area contributed by atoms with Crippen molar-refractivity contribution < 1.29 is 19.1 Å². The highest BCUT2D eigenvalue weighted by Gasteiger charge is 2.40. The second-order valence-electron chi connectivity index (χ2n) is 6.21. The van der Waals surface area contributed by atoms with E-state index in [4.69, 9.17) is 4.74 Å². The number of morpholine rings is 1. The van der Waals surface area contributed by atoms with Gasteiger partial charge in [0, 0.05) is 5.69 Å². The minimum atomic E-state index is -0.264. The first-order chi connectivity index (χ1) is 10.4. The van der Waals surface area contributed by atoms with Gasteiger partial charge in [0.15, 0.2) is 6.04 Å². The summed E-state index contributed by atoms with van der Waals surface area (Å²) < 4.78 is 6.11. The summed E-state index contributed by atoms with van der Waals surface area (Å²) in [6.07, 6.45) is 1.85. The molecule has 5 heteroatoms. The fourth-order valence-electron chi connectivity index (χ4n) is 3.02. The van der Waals surface area contributed by atoms with Crippen LogP contribution in [0.1, 0.15) is 11.1 Å². The number of hydrogen-bond donors (Lipinski definition) is 2. The highest BCUT2D eigenvalue weighted by atomic mass is 16.5. The lowest BCUT2D eigenvalue weighted by atomic mass is 10.1. The van der Waals surface area contributed by atoms with Crippen molar-refractivity contribution in [3.8, 4) is 5.75 Å². The monoisotopic (exact) mass is 305 g/mol. The maximum atomic E-state index is 12.7. The number of nitrogens with one attached hydrogen (secondary N) is 1. The smallest absolute Gasteiger partial charge is 0.285 e. The molecule has 0 spiro atoms. The summed E-state index contributed by atoms with van der Waals surface area (Å²) in [6.45, 7) is 10.1. The van der Waals surface area contributed by atoms with Gasteiger partial charge in [-0.2, -0.15) is 0 Å². The molecular formula is C17H25N2O3+. The number of amides is 1. The fourth-order valence-corrected chi connectivity index (χ4v) is 3.02. The normalized spacial score (nSPS) is 24.8. The summed E-state index contributed by atoms with van der Waals surface area (Å²) in [6, 6.07) is 3.04. The number of phenols is 1. The Hall–Kier alpha value is -1.85. The Morgan fingerprint density at radius 2 is 2.14 bits per heavy atom. The Morgan fingerprint density at radius 3 is 2.73 bits per heavy atom. The molecule has 5 nitrogen and oxygen atoms in total. The minimum absolute atomic E-state index is 0.0547. The van der Waals surface area contributed by atoms with Crippen molar-refractivity contribution in [3.05, 3.63) is 35.9 Å². The zero-order valence-electron chi connectivity index (χ0n) is 13.6. The maximum absolute atomic E-state index is 12.7. The van der Waals surface area contributed by atoms with Crippen molar-refractivity contribution in [2.24, 2.45) is 0 Å². The molecule has 0 aliphatic carbocycles. The molecule has 1 fully saturated rings. The predicted molar refractivity (Wildman–Crippen MR) is 86.9 cm³/mol. The van der Waals surface area contributed by atoms with Crippen LogP contribution in [0.2, 0.25) is 0 Å². The second-order valence-corrected chi connectivity index (χ2v) is 6.21. The Labute approximate surface area is 131 Å². The van der Waals surface area contributed by atoms with Crippen LogP contribution in [0, 0.1) is 13.8 Å². The first-order valence-corrected chi connectivity index (χ1v) is 7.51. The zero-order valence-corrected chi connectivity index (χ0v) is 13.6. The van der Waals surface area contributed by atoms with E-state index in [0.29, 0.717) is 17.7 Å². The number of ether oxygens (including phenoxy) is 1. The van der Waals surface area contributed by atoms with E-state index in [1.165, 1.54) is 0 Å². The van der Waals surface area contributed by atoms with Gasteiger partial charge in [-0.15, -0.1) is 0 Å². The third-order valence-electron chi connectivity index (χ3n) is 4.39. The molecule has 1 aromatic rings. The number of benzene rings is 1. The van der Waals surface area contributed by atoms with E-state index in [1.807, 2.05) is 19.9 Å². The average molecular weight is 305 g/mol. The molecule has 2 unspecified atom stereocenters. The van der Waals surface area contributed by atoms with Crippen molar-refractivity contribution in [1.29, 1.82) is 0 Å². The molecule has 2 rings (SSSR count). The molecule has 1 aromatic carbocycles. The van der Waals surface area contributed by atoms with Crippen LogP contribution in [0.4, 0.5) is 5.69 Å². The summed E-state index contributed by atoms with van der Waals surface area (Å²) in [5, 5.41) is 12.6. The van der Waals surface area contributed by atoms with Gasteiger partial charge in [0.25, 0.3) is 5.91 Å². The number of rotatable bonds is 4.